The van der Waals surface area contributed by atoms with Crippen LogP contribution in [0.2, 0.25) is 0 Å². The maximum Gasteiger partial charge on any atom is 0.243 e. The van der Waals surface area contributed by atoms with Crippen LogP contribution < -0.4 is 5.32 Å². The first-order chi connectivity index (χ1) is 12.2. The molecule has 0 bridgehead atoms. The van der Waals surface area contributed by atoms with E-state index in [0.717, 1.165) is 22.6 Å². The monoisotopic (exact) mass is 373 g/mol. The minimum Gasteiger partial charge on any atom is -0.354 e. The second kappa shape index (κ2) is 8.77. The van der Waals surface area contributed by atoms with E-state index < -0.39 is 0 Å². The van der Waals surface area contributed by atoms with Gasteiger partial charge < -0.3 is 5.32 Å². The van der Waals surface area contributed by atoms with Gasteiger partial charge in [0.05, 0.1) is 0 Å². The van der Waals surface area contributed by atoms with E-state index in [4.69, 9.17) is 0 Å². The summed E-state index contributed by atoms with van der Waals surface area (Å²) < 4.78 is 0. The molecule has 0 saturated heterocycles. The fraction of sp³-hybridized carbons (Fsp3) is 0.294. The zero-order chi connectivity index (χ0) is 17.5. The van der Waals surface area contributed by atoms with E-state index in [2.05, 4.69) is 38.2 Å². The molecule has 8 heteroatoms. The first-order valence-electron chi connectivity index (χ1n) is 7.93. The number of thioether (sulfide) groups is 1. The summed E-state index contributed by atoms with van der Waals surface area (Å²) in [5, 5.41) is 17.3. The molecule has 0 radical (unpaired) electrons. The third-order valence-electron chi connectivity index (χ3n) is 3.52. The normalized spacial score (nSPS) is 10.8. The quantitative estimate of drug-likeness (QED) is 0.615. The number of aromatic nitrogens is 4. The van der Waals surface area contributed by atoms with Gasteiger partial charge in [-0.05, 0) is 29.1 Å². The first kappa shape index (κ1) is 17.6. The molecule has 1 N–H and O–H groups in total. The number of amides is 1. The number of nitrogens with zero attached hydrogens (tertiary/aromatic N) is 4. The Labute approximate surface area is 154 Å². The maximum atomic E-state index is 12.0. The van der Waals surface area contributed by atoms with Gasteiger partial charge in [0.2, 0.25) is 11.7 Å². The topological polar surface area (TPSA) is 72.7 Å². The van der Waals surface area contributed by atoms with Crippen LogP contribution in [0.4, 0.5) is 0 Å². The molecule has 0 aliphatic heterocycles. The molecule has 0 unspecified atom stereocenters. The highest BCUT2D eigenvalue weighted by Crippen LogP contribution is 2.18. The number of carbonyl (C=O) groups excluding carboxylic acids is 1. The van der Waals surface area contributed by atoms with Crippen LogP contribution in [0.15, 0.2) is 41.8 Å². The lowest BCUT2D eigenvalue weighted by Crippen LogP contribution is -2.30. The number of nitrogens with one attached hydrogen (secondary N) is 1. The summed E-state index contributed by atoms with van der Waals surface area (Å²) in [4.78, 5) is 14.7. The number of carbonyl (C=O) groups is 1. The van der Waals surface area contributed by atoms with Gasteiger partial charge >= 0.3 is 0 Å². The number of hydrogen-bond donors (Lipinski definition) is 1. The van der Waals surface area contributed by atoms with Crippen molar-refractivity contribution in [2.75, 3.05) is 12.3 Å². The van der Waals surface area contributed by atoms with Gasteiger partial charge in [-0.25, -0.2) is 0 Å². The average molecular weight is 374 g/mol. The lowest BCUT2D eigenvalue weighted by atomic mass is 10.1. The molecule has 0 saturated carbocycles. The van der Waals surface area contributed by atoms with Gasteiger partial charge in [-0.1, -0.05) is 30.3 Å². The molecule has 0 fully saturated rings. The van der Waals surface area contributed by atoms with Crippen molar-refractivity contribution in [3.8, 4) is 11.4 Å². The van der Waals surface area contributed by atoms with Crippen LogP contribution in [0.1, 0.15) is 10.4 Å². The molecule has 0 aliphatic rings. The minimum atomic E-state index is -0.106. The number of tetrazole rings is 1. The molecule has 1 amide bonds. The van der Waals surface area contributed by atoms with Crippen LogP contribution >= 0.6 is 23.1 Å². The van der Waals surface area contributed by atoms with Crippen molar-refractivity contribution < 1.29 is 4.79 Å². The summed E-state index contributed by atoms with van der Waals surface area (Å²) in [5.74, 6) is 2.30. The minimum absolute atomic E-state index is 0.0778. The van der Waals surface area contributed by atoms with E-state index in [1.165, 1.54) is 9.67 Å². The molecule has 0 atom stereocenters. The predicted octanol–water partition coefficient (Wildman–Crippen LogP) is 2.76. The van der Waals surface area contributed by atoms with E-state index in [1.54, 1.807) is 11.3 Å². The molecule has 0 spiro atoms. The molecule has 3 rings (SSSR count). The first-order valence-corrected chi connectivity index (χ1v) is 9.96. The van der Waals surface area contributed by atoms with Crippen LogP contribution in [-0.4, -0.2) is 38.4 Å². The summed E-state index contributed by atoms with van der Waals surface area (Å²) in [6.45, 7) is 2.71. The highest BCUT2D eigenvalue weighted by atomic mass is 32.2. The summed E-state index contributed by atoms with van der Waals surface area (Å²) in [5.41, 5.74) is 2.01. The Hall–Kier alpha value is -2.19. The van der Waals surface area contributed by atoms with Gasteiger partial charge in [-0.3, -0.25) is 4.79 Å². The Morgan fingerprint density at radius 1 is 1.28 bits per heavy atom. The highest BCUT2D eigenvalue weighted by Gasteiger charge is 2.10. The lowest BCUT2D eigenvalue weighted by Gasteiger charge is -2.04. The van der Waals surface area contributed by atoms with Gasteiger partial charge in [-0.2, -0.15) is 16.6 Å². The summed E-state index contributed by atoms with van der Waals surface area (Å²) in [7, 11) is 0. The molecule has 1 aromatic carbocycles. The van der Waals surface area contributed by atoms with E-state index in [9.17, 15) is 4.79 Å². The second-order valence-corrected chi connectivity index (χ2v) is 7.58. The van der Waals surface area contributed by atoms with Gasteiger partial charge in [-0.15, -0.1) is 21.5 Å². The van der Waals surface area contributed by atoms with Crippen LogP contribution in [0, 0.1) is 6.92 Å². The van der Waals surface area contributed by atoms with E-state index in [-0.39, 0.29) is 12.5 Å². The summed E-state index contributed by atoms with van der Waals surface area (Å²) >= 11 is 3.56. The van der Waals surface area contributed by atoms with Crippen molar-refractivity contribution in [2.24, 2.45) is 0 Å². The van der Waals surface area contributed by atoms with E-state index in [0.29, 0.717) is 12.4 Å². The second-order valence-electron chi connectivity index (χ2n) is 5.44. The fourth-order valence-electron chi connectivity index (χ4n) is 2.26. The molecule has 2 heterocycles. The number of thiophene rings is 1. The lowest BCUT2D eigenvalue weighted by molar-refractivity contribution is -0.121. The molecule has 6 nitrogen and oxygen atoms in total. The fourth-order valence-corrected chi connectivity index (χ4v) is 3.96. The van der Waals surface area contributed by atoms with Crippen molar-refractivity contribution in [2.45, 2.75) is 19.2 Å². The maximum absolute atomic E-state index is 12.0. The van der Waals surface area contributed by atoms with E-state index >= 15 is 0 Å². The molecule has 3 aromatic rings. The SMILES string of the molecule is Cc1ccccc1-c1nnn(CC(=O)NCCSCc2cccs2)n1. The number of aryl methyl sites for hydroxylation is 1. The van der Waals surface area contributed by atoms with Crippen LogP contribution in [0.3, 0.4) is 0 Å². The number of hydrogen-bond acceptors (Lipinski definition) is 6. The summed E-state index contributed by atoms with van der Waals surface area (Å²) in [6.07, 6.45) is 0. The van der Waals surface area contributed by atoms with Crippen LogP contribution in [0.5, 0.6) is 0 Å². The standard InChI is InChI=1S/C17H19N5OS2/c1-13-5-2-3-7-15(13)17-19-21-22(20-17)11-16(23)18-8-10-24-12-14-6-4-9-25-14/h2-7,9H,8,10-12H2,1H3,(H,18,23). The van der Waals surface area contributed by atoms with Gasteiger partial charge in [0.25, 0.3) is 0 Å². The third-order valence-corrected chi connectivity index (χ3v) is 5.58. The molecule has 2 aromatic heterocycles. The molecule has 0 aliphatic carbocycles. The number of rotatable bonds is 8. The number of benzene rings is 1. The van der Waals surface area contributed by atoms with Crippen molar-refractivity contribution in [3.05, 3.63) is 52.2 Å². The molecule has 130 valence electrons. The Balaban J connectivity index is 1.42. The highest BCUT2D eigenvalue weighted by molar-refractivity contribution is 7.98. The summed E-state index contributed by atoms with van der Waals surface area (Å²) in [6, 6.07) is 12.0. The molecular formula is C17H19N5OS2. The zero-order valence-corrected chi connectivity index (χ0v) is 15.5. The van der Waals surface area contributed by atoms with Gasteiger partial charge in [0, 0.05) is 28.5 Å². The van der Waals surface area contributed by atoms with Crippen molar-refractivity contribution in [1.29, 1.82) is 0 Å². The van der Waals surface area contributed by atoms with Gasteiger partial charge in [0.15, 0.2) is 0 Å². The van der Waals surface area contributed by atoms with E-state index in [1.807, 2.05) is 43.0 Å². The van der Waals surface area contributed by atoms with Crippen LogP contribution in [0.25, 0.3) is 11.4 Å². The van der Waals surface area contributed by atoms with Gasteiger partial charge in [0.1, 0.15) is 6.54 Å². The largest absolute Gasteiger partial charge is 0.354 e. The van der Waals surface area contributed by atoms with Crippen molar-refractivity contribution >= 4 is 29.0 Å². The predicted molar refractivity (Wildman–Crippen MR) is 101 cm³/mol. The van der Waals surface area contributed by atoms with Crippen molar-refractivity contribution in [3.63, 3.8) is 0 Å². The third kappa shape index (κ3) is 5.14. The Bertz CT molecular complexity index is 816. The Kier molecular flexibility index (Phi) is 6.19. The van der Waals surface area contributed by atoms with Crippen molar-refractivity contribution in [1.82, 2.24) is 25.5 Å². The average Bonchev–Trinajstić information content (AvgIpc) is 3.27. The smallest absolute Gasteiger partial charge is 0.243 e. The zero-order valence-electron chi connectivity index (χ0n) is 13.9. The van der Waals surface area contributed by atoms with Crippen LogP contribution in [-0.2, 0) is 17.1 Å². The Morgan fingerprint density at radius 3 is 2.96 bits per heavy atom. The molecule has 25 heavy (non-hydrogen) atoms. The Morgan fingerprint density at radius 2 is 2.16 bits per heavy atom. The molecular weight excluding hydrogens is 354 g/mol.